The number of hydrogen-bond acceptors (Lipinski definition) is 4. The third-order valence-corrected chi connectivity index (χ3v) is 17.8. The number of nitrogens with zero attached hydrogens (tertiary/aromatic N) is 3. The molecule has 5 heteroatoms. The van der Waals surface area contributed by atoms with Gasteiger partial charge in [-0.1, -0.05) is 155 Å². The second kappa shape index (κ2) is 14.4. The molecule has 1 fully saturated rings. The van der Waals surface area contributed by atoms with Gasteiger partial charge in [0.15, 0.2) is 0 Å². The first-order valence-electron chi connectivity index (χ1n) is 24.8. The van der Waals surface area contributed by atoms with E-state index in [2.05, 4.69) is 230 Å². The van der Waals surface area contributed by atoms with Gasteiger partial charge in [-0.25, -0.2) is 0 Å². The first-order chi connectivity index (χ1) is 31.8. The van der Waals surface area contributed by atoms with Gasteiger partial charge in [0.05, 0.1) is 5.54 Å². The molecule has 8 aromatic rings. The molecular weight excluding hydrogens is 830 g/mol. The molecule has 0 saturated heterocycles. The minimum absolute atomic E-state index is 0.0158. The lowest BCUT2D eigenvalue weighted by Crippen LogP contribution is -2.62. The Kier molecular flexibility index (Phi) is 9.13. The average Bonchev–Trinajstić information content (AvgIpc) is 3.77. The zero-order valence-corrected chi connectivity index (χ0v) is 42.3. The lowest BCUT2D eigenvalue weighted by atomic mass is 9.33. The van der Waals surface area contributed by atoms with Gasteiger partial charge in [0.1, 0.15) is 0 Å². The monoisotopic (exact) mass is 893 g/mol. The molecule has 1 aliphatic carbocycles. The summed E-state index contributed by atoms with van der Waals surface area (Å²) in [4.78, 5) is 8.07. The predicted octanol–water partition coefficient (Wildman–Crippen LogP) is 15.8. The van der Waals surface area contributed by atoms with Crippen LogP contribution in [0.4, 0.5) is 45.5 Å². The van der Waals surface area contributed by atoms with Gasteiger partial charge in [-0.15, -0.1) is 11.3 Å². The maximum absolute atomic E-state index is 2.79. The lowest BCUT2D eigenvalue weighted by Gasteiger charge is -2.51. The van der Waals surface area contributed by atoms with E-state index >= 15 is 0 Å². The molecule has 336 valence electrons. The second-order valence-electron chi connectivity index (χ2n) is 23.8. The highest BCUT2D eigenvalue weighted by Crippen LogP contribution is 2.62. The van der Waals surface area contributed by atoms with E-state index in [1.54, 1.807) is 0 Å². The van der Waals surface area contributed by atoms with Crippen molar-refractivity contribution in [3.63, 3.8) is 0 Å². The third kappa shape index (κ3) is 6.22. The van der Waals surface area contributed by atoms with Crippen molar-refractivity contribution in [3.05, 3.63) is 162 Å². The van der Waals surface area contributed by atoms with Gasteiger partial charge >= 0.3 is 0 Å². The highest BCUT2D eigenvalue weighted by Gasteiger charge is 2.58. The summed E-state index contributed by atoms with van der Waals surface area (Å²) < 4.78 is 2.66. The summed E-state index contributed by atoms with van der Waals surface area (Å²) >= 11 is 1.89. The summed E-state index contributed by atoms with van der Waals surface area (Å²) in [7, 11) is 0. The minimum Gasteiger partial charge on any atom is -0.334 e. The Hall–Kier alpha value is -5.78. The Morgan fingerprint density at radius 3 is 1.64 bits per heavy atom. The van der Waals surface area contributed by atoms with E-state index in [0.717, 1.165) is 6.42 Å². The van der Waals surface area contributed by atoms with Crippen molar-refractivity contribution in [1.29, 1.82) is 0 Å². The number of para-hydroxylation sites is 1. The summed E-state index contributed by atoms with van der Waals surface area (Å²) in [6.07, 6.45) is 4.83. The first-order valence-corrected chi connectivity index (χ1v) is 25.7. The molecule has 0 amide bonds. The summed E-state index contributed by atoms with van der Waals surface area (Å²) in [5.74, 6) is 0. The van der Waals surface area contributed by atoms with E-state index in [4.69, 9.17) is 0 Å². The molecule has 4 heterocycles. The van der Waals surface area contributed by atoms with Crippen LogP contribution in [-0.4, -0.2) is 12.3 Å². The van der Waals surface area contributed by atoms with Crippen molar-refractivity contribution >= 4 is 100 Å². The van der Waals surface area contributed by atoms with E-state index in [1.165, 1.54) is 124 Å². The fourth-order valence-corrected chi connectivity index (χ4v) is 13.8. The Morgan fingerprint density at radius 1 is 0.463 bits per heavy atom. The van der Waals surface area contributed by atoms with Crippen LogP contribution < -0.4 is 31.1 Å². The number of hydrogen-bond donors (Lipinski definition) is 0. The summed E-state index contributed by atoms with van der Waals surface area (Å²) in [6.45, 7) is 26.3. The zero-order chi connectivity index (χ0) is 46.6. The molecule has 3 nitrogen and oxygen atoms in total. The van der Waals surface area contributed by atoms with Crippen LogP contribution in [0.5, 0.6) is 0 Å². The molecule has 2 atom stereocenters. The van der Waals surface area contributed by atoms with Crippen molar-refractivity contribution in [3.8, 4) is 0 Å². The van der Waals surface area contributed by atoms with Gasteiger partial charge in [0.2, 0.25) is 0 Å². The van der Waals surface area contributed by atoms with Gasteiger partial charge in [0.25, 0.3) is 6.71 Å². The van der Waals surface area contributed by atoms with Gasteiger partial charge in [-0.2, -0.15) is 0 Å². The Bertz CT molecular complexity index is 3320. The van der Waals surface area contributed by atoms with Gasteiger partial charge < -0.3 is 14.7 Å². The fourth-order valence-electron chi connectivity index (χ4n) is 12.7. The highest BCUT2D eigenvalue weighted by molar-refractivity contribution is 7.25. The predicted molar refractivity (Wildman–Crippen MR) is 292 cm³/mol. The van der Waals surface area contributed by atoms with Crippen molar-refractivity contribution < 1.29 is 0 Å². The molecule has 0 N–H and O–H groups in total. The average molecular weight is 894 g/mol. The van der Waals surface area contributed by atoms with Gasteiger partial charge in [-0.3, -0.25) is 0 Å². The van der Waals surface area contributed by atoms with E-state index < -0.39 is 0 Å². The van der Waals surface area contributed by atoms with E-state index in [0.29, 0.717) is 0 Å². The van der Waals surface area contributed by atoms with Crippen LogP contribution >= 0.6 is 11.3 Å². The van der Waals surface area contributed by atoms with Crippen LogP contribution in [0.15, 0.2) is 140 Å². The smallest absolute Gasteiger partial charge is 0.252 e. The quantitative estimate of drug-likeness (QED) is 0.164. The molecule has 67 heavy (non-hydrogen) atoms. The van der Waals surface area contributed by atoms with E-state index in [1.807, 2.05) is 11.3 Å². The molecule has 12 rings (SSSR count). The number of anilines is 8. The van der Waals surface area contributed by atoms with Crippen LogP contribution in [0, 0.1) is 0 Å². The number of thiophene rings is 1. The maximum Gasteiger partial charge on any atom is 0.252 e. The minimum atomic E-state index is -0.101. The third-order valence-electron chi connectivity index (χ3n) is 16.7. The molecule has 1 aromatic heterocycles. The SMILES string of the molecule is CC(C)(C)c1ccc(N2c3ccc(C(C)(C)C)cc3B3c4cc(C(C)(C)C)ccc4N(c4ccc5sc6ccccc6c5c4)c4cc(N5c6ccccc6C6(C)CCCCC56C)cc2c43)cc1. The highest BCUT2D eigenvalue weighted by atomic mass is 32.1. The van der Waals surface area contributed by atoms with Crippen LogP contribution in [0.3, 0.4) is 0 Å². The topological polar surface area (TPSA) is 9.72 Å². The van der Waals surface area contributed by atoms with Crippen molar-refractivity contribution in [2.24, 2.45) is 0 Å². The number of benzene rings is 7. The maximum atomic E-state index is 2.79. The number of rotatable bonds is 3. The molecule has 7 aromatic carbocycles. The van der Waals surface area contributed by atoms with E-state index in [9.17, 15) is 0 Å². The van der Waals surface area contributed by atoms with Crippen LogP contribution in [0.25, 0.3) is 20.2 Å². The molecule has 1 saturated carbocycles. The van der Waals surface area contributed by atoms with Gasteiger partial charge in [0, 0.05) is 71.1 Å². The van der Waals surface area contributed by atoms with Crippen molar-refractivity contribution in [2.75, 3.05) is 14.7 Å². The van der Waals surface area contributed by atoms with Crippen LogP contribution in [0.2, 0.25) is 0 Å². The second-order valence-corrected chi connectivity index (χ2v) is 24.9. The molecule has 0 radical (unpaired) electrons. The standard InChI is InChI=1S/C62H64BN3S/c1-58(2,3)39-22-26-42(27-23-39)64-51-29-24-40(59(4,5)6)34-48(51)63-49-35-41(60(7,8)9)25-30-52(49)65(43-28-31-56-46(36-43)45-18-12-15-21-55(45)67-56)54-38-44(37-53(64)57(54)63)66-50-20-14-13-19-47(50)61(10)32-16-17-33-62(61,66)11/h12-15,18-31,34-38H,16-17,32-33H2,1-11H3. The first kappa shape index (κ1) is 42.6. The van der Waals surface area contributed by atoms with Crippen molar-refractivity contribution in [1.82, 2.24) is 0 Å². The molecule has 4 aliphatic rings. The fraction of sp³-hybridized carbons (Fsp3) is 0.323. The number of fused-ring (bicyclic) bond motifs is 10. The largest absolute Gasteiger partial charge is 0.334 e. The molecule has 3 aliphatic heterocycles. The van der Waals surface area contributed by atoms with Crippen LogP contribution in [-0.2, 0) is 21.7 Å². The molecule has 0 bridgehead atoms. The zero-order valence-electron chi connectivity index (χ0n) is 41.4. The molecule has 2 unspecified atom stereocenters. The normalized spacial score (nSPS) is 19.9. The lowest BCUT2D eigenvalue weighted by molar-refractivity contribution is 0.195. The summed E-state index contributed by atoms with van der Waals surface area (Å²) in [6, 6.07) is 55.1. The van der Waals surface area contributed by atoms with E-state index in [-0.39, 0.29) is 33.9 Å². The Labute approximate surface area is 403 Å². The Morgan fingerprint density at radius 2 is 1.00 bits per heavy atom. The summed E-state index contributed by atoms with van der Waals surface area (Å²) in [5.41, 5.74) is 19.6. The van der Waals surface area contributed by atoms with Gasteiger partial charge in [-0.05, 0) is 141 Å². The molecular formula is C62H64BN3S. The summed E-state index contributed by atoms with van der Waals surface area (Å²) in [5, 5.41) is 2.64. The molecule has 0 spiro atoms. The van der Waals surface area contributed by atoms with Crippen molar-refractivity contribution in [2.45, 2.75) is 129 Å². The van der Waals surface area contributed by atoms with Crippen LogP contribution in [0.1, 0.15) is 124 Å². The Balaban J connectivity index is 1.22.